The molecule has 0 aromatic carbocycles. The van der Waals surface area contributed by atoms with Crippen LogP contribution in [0.15, 0.2) is 24.5 Å². The van der Waals surface area contributed by atoms with Gasteiger partial charge in [0.2, 0.25) is 5.82 Å². The molecule has 0 spiro atoms. The highest BCUT2D eigenvalue weighted by Crippen LogP contribution is 2.27. The first-order chi connectivity index (χ1) is 7.59. The summed E-state index contributed by atoms with van der Waals surface area (Å²) >= 11 is 0. The van der Waals surface area contributed by atoms with E-state index >= 15 is 0 Å². The van der Waals surface area contributed by atoms with Gasteiger partial charge in [-0.15, -0.1) is 0 Å². The molecule has 7 nitrogen and oxygen atoms in total. The average Bonchev–Trinajstić information content (AvgIpc) is 2.76. The second-order valence-corrected chi connectivity index (χ2v) is 3.37. The lowest BCUT2D eigenvalue weighted by Crippen LogP contribution is -2.11. The zero-order valence-corrected chi connectivity index (χ0v) is 8.91. The largest absolute Gasteiger partial charge is 0.335 e. The number of nitrogens with zero attached hydrogens (tertiary/aromatic N) is 4. The minimum absolute atomic E-state index is 0.00352. The molecule has 2 aromatic heterocycles. The predicted octanol–water partition coefficient (Wildman–Crippen LogP) is 1.31. The molecule has 0 unspecified atom stereocenters. The summed E-state index contributed by atoms with van der Waals surface area (Å²) in [5.74, 6) is 0.360. The van der Waals surface area contributed by atoms with Crippen LogP contribution in [0.2, 0.25) is 0 Å². The van der Waals surface area contributed by atoms with Gasteiger partial charge in [-0.3, -0.25) is 20.2 Å². The van der Waals surface area contributed by atoms with E-state index in [9.17, 15) is 10.1 Å². The first kappa shape index (κ1) is 10.2. The monoisotopic (exact) mass is 221 g/mol. The minimum Gasteiger partial charge on any atom is -0.272 e. The fraction of sp³-hybridized carbons (Fsp3) is 0.222. The van der Waals surface area contributed by atoms with E-state index in [0.717, 1.165) is 0 Å². The quantitative estimate of drug-likeness (QED) is 0.626. The average molecular weight is 221 g/mol. The van der Waals surface area contributed by atoms with Crippen molar-refractivity contribution in [2.24, 2.45) is 7.05 Å². The smallest absolute Gasteiger partial charge is 0.272 e. The van der Waals surface area contributed by atoms with Crippen molar-refractivity contribution in [1.82, 2.24) is 14.5 Å². The minimum atomic E-state index is -0.436. The van der Waals surface area contributed by atoms with Crippen LogP contribution in [0.5, 0.6) is 0 Å². The van der Waals surface area contributed by atoms with Gasteiger partial charge in [-0.25, -0.2) is 4.68 Å². The van der Waals surface area contributed by atoms with Crippen LogP contribution in [0.25, 0.3) is 0 Å². The van der Waals surface area contributed by atoms with Gasteiger partial charge >= 0.3 is 5.69 Å². The van der Waals surface area contributed by atoms with Crippen LogP contribution in [0.3, 0.4) is 0 Å². The van der Waals surface area contributed by atoms with Crippen molar-refractivity contribution < 1.29 is 4.92 Å². The van der Waals surface area contributed by atoms with Crippen LogP contribution in [-0.2, 0) is 7.05 Å². The van der Waals surface area contributed by atoms with Gasteiger partial charge in [-0.1, -0.05) is 0 Å². The number of aryl methyl sites for hydroxylation is 2. The Kier molecular flexibility index (Phi) is 2.35. The molecule has 0 fully saturated rings. The Labute approximate surface area is 91.4 Å². The third-order valence-corrected chi connectivity index (χ3v) is 2.21. The standard InChI is InChI=1S/C9H11N5O2/c1-7-8(14(15)16)9(12(2)10-7)11-13-5-3-4-6-13/h3-6,11H,1-2H3. The van der Waals surface area contributed by atoms with Crippen LogP contribution >= 0.6 is 0 Å². The third kappa shape index (κ3) is 1.62. The zero-order chi connectivity index (χ0) is 11.7. The van der Waals surface area contributed by atoms with E-state index in [1.54, 1.807) is 31.0 Å². The van der Waals surface area contributed by atoms with Crippen LogP contribution in [-0.4, -0.2) is 19.4 Å². The Bertz CT molecular complexity index is 514. The van der Waals surface area contributed by atoms with Crippen molar-refractivity contribution in [2.75, 3.05) is 5.43 Å². The molecule has 0 aliphatic rings. The molecule has 0 radical (unpaired) electrons. The van der Waals surface area contributed by atoms with Crippen molar-refractivity contribution in [3.8, 4) is 0 Å². The lowest BCUT2D eigenvalue weighted by atomic mass is 10.4. The van der Waals surface area contributed by atoms with Gasteiger partial charge in [0, 0.05) is 19.4 Å². The van der Waals surface area contributed by atoms with Gasteiger partial charge in [0.15, 0.2) is 0 Å². The van der Waals surface area contributed by atoms with Gasteiger partial charge in [0.05, 0.1) is 4.92 Å². The molecule has 0 amide bonds. The van der Waals surface area contributed by atoms with Crippen LogP contribution < -0.4 is 5.43 Å². The Hall–Kier alpha value is -2.31. The van der Waals surface area contributed by atoms with Crippen LogP contribution in [0.4, 0.5) is 11.5 Å². The second kappa shape index (κ2) is 3.69. The van der Waals surface area contributed by atoms with E-state index in [-0.39, 0.29) is 5.69 Å². The molecule has 0 aliphatic carbocycles. The number of rotatable bonds is 3. The van der Waals surface area contributed by atoms with E-state index in [1.807, 2.05) is 12.1 Å². The first-order valence-electron chi connectivity index (χ1n) is 4.67. The maximum atomic E-state index is 10.9. The molecular weight excluding hydrogens is 210 g/mol. The molecule has 0 atom stereocenters. The van der Waals surface area contributed by atoms with Gasteiger partial charge < -0.3 is 0 Å². The summed E-state index contributed by atoms with van der Waals surface area (Å²) in [7, 11) is 1.66. The second-order valence-electron chi connectivity index (χ2n) is 3.37. The fourth-order valence-corrected chi connectivity index (χ4v) is 1.52. The summed E-state index contributed by atoms with van der Waals surface area (Å²) in [5, 5.41) is 14.9. The Morgan fingerprint density at radius 3 is 2.62 bits per heavy atom. The molecule has 0 bridgehead atoms. The molecule has 1 N–H and O–H groups in total. The highest BCUT2D eigenvalue weighted by Gasteiger charge is 2.23. The van der Waals surface area contributed by atoms with Gasteiger partial charge in [-0.05, 0) is 19.1 Å². The topological polar surface area (TPSA) is 77.9 Å². The molecule has 0 saturated carbocycles. The Morgan fingerprint density at radius 1 is 1.44 bits per heavy atom. The summed E-state index contributed by atoms with van der Waals surface area (Å²) < 4.78 is 3.08. The fourth-order valence-electron chi connectivity index (χ4n) is 1.52. The van der Waals surface area contributed by atoms with E-state index in [2.05, 4.69) is 10.5 Å². The molecule has 2 aromatic rings. The number of nitrogens with one attached hydrogen (secondary N) is 1. The Morgan fingerprint density at radius 2 is 2.06 bits per heavy atom. The van der Waals surface area contributed by atoms with Gasteiger partial charge in [0.25, 0.3) is 0 Å². The molecule has 0 aliphatic heterocycles. The lowest BCUT2D eigenvalue weighted by Gasteiger charge is -2.06. The number of nitro groups is 1. The van der Waals surface area contributed by atoms with Gasteiger partial charge in [-0.2, -0.15) is 5.10 Å². The van der Waals surface area contributed by atoms with Crippen molar-refractivity contribution >= 4 is 11.5 Å². The van der Waals surface area contributed by atoms with Gasteiger partial charge in [0.1, 0.15) is 5.69 Å². The van der Waals surface area contributed by atoms with E-state index in [4.69, 9.17) is 0 Å². The molecule has 16 heavy (non-hydrogen) atoms. The Balaban J connectivity index is 2.43. The van der Waals surface area contributed by atoms with Crippen LogP contribution in [0.1, 0.15) is 5.69 Å². The number of anilines is 1. The maximum absolute atomic E-state index is 10.9. The molecule has 7 heteroatoms. The summed E-state index contributed by atoms with van der Waals surface area (Å²) in [4.78, 5) is 10.5. The molecule has 0 saturated heterocycles. The molecule has 2 heterocycles. The predicted molar refractivity (Wildman–Crippen MR) is 58.1 cm³/mol. The molecular formula is C9H11N5O2. The normalized spacial score (nSPS) is 10.4. The third-order valence-electron chi connectivity index (χ3n) is 2.21. The highest BCUT2D eigenvalue weighted by molar-refractivity contribution is 5.59. The SMILES string of the molecule is Cc1nn(C)c(Nn2cccc2)c1[N+](=O)[O-]. The van der Waals surface area contributed by atoms with E-state index < -0.39 is 4.92 Å². The van der Waals surface area contributed by atoms with E-state index in [1.165, 1.54) is 4.68 Å². The first-order valence-corrected chi connectivity index (χ1v) is 4.67. The summed E-state index contributed by atoms with van der Waals surface area (Å²) in [6, 6.07) is 3.64. The van der Waals surface area contributed by atoms with Crippen molar-refractivity contribution in [1.29, 1.82) is 0 Å². The van der Waals surface area contributed by atoms with Crippen LogP contribution in [0, 0.1) is 17.0 Å². The maximum Gasteiger partial charge on any atom is 0.335 e. The molecule has 2 rings (SSSR count). The number of hydrogen-bond acceptors (Lipinski definition) is 4. The van der Waals surface area contributed by atoms with Crippen molar-refractivity contribution in [2.45, 2.75) is 6.92 Å². The summed E-state index contributed by atoms with van der Waals surface area (Å²) in [6.45, 7) is 1.61. The summed E-state index contributed by atoms with van der Waals surface area (Å²) in [5.41, 5.74) is 3.29. The van der Waals surface area contributed by atoms with Crippen molar-refractivity contribution in [3.05, 3.63) is 40.3 Å². The lowest BCUT2D eigenvalue weighted by molar-refractivity contribution is -0.384. The zero-order valence-electron chi connectivity index (χ0n) is 8.91. The summed E-state index contributed by atoms with van der Waals surface area (Å²) in [6.07, 6.45) is 3.51. The van der Waals surface area contributed by atoms with E-state index in [0.29, 0.717) is 11.5 Å². The van der Waals surface area contributed by atoms with Crippen molar-refractivity contribution in [3.63, 3.8) is 0 Å². The number of aromatic nitrogens is 3. The number of hydrogen-bond donors (Lipinski definition) is 1. The molecule has 84 valence electrons. The highest BCUT2D eigenvalue weighted by atomic mass is 16.6.